The summed E-state index contributed by atoms with van der Waals surface area (Å²) in [5.74, 6) is 3.07. The molecule has 0 aliphatic carbocycles. The Hall–Kier alpha value is -9.07. The maximum Gasteiger partial charge on any atom is 0.165 e. The number of benzene rings is 12. The van der Waals surface area contributed by atoms with Gasteiger partial charge in [0.15, 0.2) is 17.5 Å². The molecule has 5 heterocycles. The Labute approximate surface area is 639 Å². The molecule has 8 bridgehead atoms. The minimum atomic E-state index is -0.675. The minimum absolute atomic E-state index is 0.529. The third-order valence-electron chi connectivity index (χ3n) is 18.3. The van der Waals surface area contributed by atoms with E-state index in [0.29, 0.717) is 34.3 Å². The minimum Gasteiger partial charge on any atom is -0.346 e. The van der Waals surface area contributed by atoms with Gasteiger partial charge >= 0.3 is 0 Å². The maximum absolute atomic E-state index is 6.04. The molecule has 1 unspecified atom stereocenters. The first-order chi connectivity index (χ1) is 50.7. The fourth-order valence-corrected chi connectivity index (χ4v) is 20.6. The summed E-state index contributed by atoms with van der Waals surface area (Å²) in [7, 11) is 0. The molecule has 508 valence electrons. The molecule has 16 heteroatoms. The van der Waals surface area contributed by atoms with Crippen molar-refractivity contribution in [1.29, 1.82) is 0 Å². The average Bonchev–Trinajstić information content (AvgIpc) is 1.57. The first-order valence-corrected chi connectivity index (χ1v) is 40.9. The molecular formula is C88H68N8S8. The van der Waals surface area contributed by atoms with E-state index < -0.39 is 6.17 Å². The molecule has 3 aliphatic rings. The zero-order valence-corrected chi connectivity index (χ0v) is 64.7. The molecule has 14 aromatic rings. The van der Waals surface area contributed by atoms with Gasteiger partial charge in [-0.2, -0.15) is 0 Å². The Balaban J connectivity index is 1.01. The van der Waals surface area contributed by atoms with Crippen LogP contribution in [0, 0.1) is 55.4 Å². The summed E-state index contributed by atoms with van der Waals surface area (Å²) in [4.78, 5) is 55.1. The van der Waals surface area contributed by atoms with E-state index in [1.54, 1.807) is 94.1 Å². The molecule has 0 radical (unpaired) electrons. The summed E-state index contributed by atoms with van der Waals surface area (Å²) in [6.45, 7) is 17.1. The van der Waals surface area contributed by atoms with E-state index >= 15 is 0 Å². The molecular weight excluding hydrogens is 1430 g/mol. The van der Waals surface area contributed by atoms with Gasteiger partial charge in [0.1, 0.15) is 28.8 Å². The van der Waals surface area contributed by atoms with Gasteiger partial charge in [0.2, 0.25) is 0 Å². The number of aryl methyl sites for hydroxylation is 8. The lowest BCUT2D eigenvalue weighted by atomic mass is 10.1. The largest absolute Gasteiger partial charge is 0.346 e. The van der Waals surface area contributed by atoms with Gasteiger partial charge in [-0.25, -0.2) is 25.0 Å². The Morgan fingerprint density at radius 1 is 0.240 bits per heavy atom. The van der Waals surface area contributed by atoms with Gasteiger partial charge < -0.3 is 15.3 Å². The number of anilines is 1. The summed E-state index contributed by atoms with van der Waals surface area (Å²) in [5.41, 5.74) is 14.6. The predicted molar refractivity (Wildman–Crippen MR) is 440 cm³/mol. The van der Waals surface area contributed by atoms with Crippen LogP contribution >= 0.6 is 94.1 Å². The van der Waals surface area contributed by atoms with E-state index in [1.807, 2.05) is 0 Å². The Morgan fingerprint density at radius 2 is 0.510 bits per heavy atom. The summed E-state index contributed by atoms with van der Waals surface area (Å²) in [6.07, 6.45) is -0.675. The highest BCUT2D eigenvalue weighted by atomic mass is 32.2. The number of aliphatic imine (C=N–C) groups is 3. The number of hydrogen-bond donors (Lipinski definition) is 3. The van der Waals surface area contributed by atoms with E-state index in [1.165, 1.54) is 44.5 Å². The molecule has 104 heavy (non-hydrogen) atoms. The quantitative estimate of drug-likeness (QED) is 0.0872. The highest BCUT2D eigenvalue weighted by Gasteiger charge is 2.36. The number of fused-ring (bicyclic) bond motifs is 18. The van der Waals surface area contributed by atoms with Gasteiger partial charge in [0.05, 0.1) is 0 Å². The maximum atomic E-state index is 6.04. The fraction of sp³-hybridized carbons (Fsp3) is 0.102. The number of nitrogens with one attached hydrogen (secondary N) is 3. The lowest BCUT2D eigenvalue weighted by Gasteiger charge is -2.19. The number of hydrogen-bond acceptors (Lipinski definition) is 14. The van der Waals surface area contributed by atoms with E-state index in [4.69, 9.17) is 25.0 Å². The average molecular weight is 1490 g/mol. The molecule has 3 N–H and O–H groups in total. The second-order valence-electron chi connectivity index (χ2n) is 26.4. The second-order valence-corrected chi connectivity index (χ2v) is 35.3. The van der Waals surface area contributed by atoms with E-state index in [0.717, 1.165) is 128 Å². The van der Waals surface area contributed by atoms with Crippen LogP contribution < -0.4 is 16.3 Å². The van der Waals surface area contributed by atoms with Crippen molar-refractivity contribution in [3.63, 3.8) is 0 Å². The number of amidine groups is 3. The fourth-order valence-electron chi connectivity index (χ4n) is 12.8. The Bertz CT molecular complexity index is 5930. The molecule has 17 rings (SSSR count). The summed E-state index contributed by atoms with van der Waals surface area (Å²) in [6, 6.07) is 88.5. The molecule has 12 aromatic carbocycles. The number of aromatic nitrogens is 2. The van der Waals surface area contributed by atoms with Crippen LogP contribution in [0.25, 0.3) is 21.5 Å². The van der Waals surface area contributed by atoms with Crippen LogP contribution in [0.4, 0.5) is 11.6 Å². The van der Waals surface area contributed by atoms with Gasteiger partial charge in [-0.15, -0.1) is 0 Å². The molecule has 0 saturated heterocycles. The topological polar surface area (TPSA) is 105 Å². The van der Waals surface area contributed by atoms with Gasteiger partial charge in [0.25, 0.3) is 0 Å². The van der Waals surface area contributed by atoms with Crippen molar-refractivity contribution in [2.24, 2.45) is 25.0 Å². The van der Waals surface area contributed by atoms with E-state index in [2.05, 4.69) is 313 Å². The molecule has 8 nitrogen and oxygen atoms in total. The molecule has 0 amide bonds. The summed E-state index contributed by atoms with van der Waals surface area (Å²) < 4.78 is 0. The lowest BCUT2D eigenvalue weighted by molar-refractivity contribution is 0.830. The lowest BCUT2D eigenvalue weighted by Crippen LogP contribution is -2.15. The van der Waals surface area contributed by atoms with Crippen LogP contribution in [0.1, 0.15) is 72.9 Å². The van der Waals surface area contributed by atoms with Crippen LogP contribution in [0.3, 0.4) is 0 Å². The van der Waals surface area contributed by atoms with Crippen LogP contribution in [0.15, 0.2) is 346 Å². The molecule has 1 atom stereocenters. The van der Waals surface area contributed by atoms with Crippen LogP contribution in [-0.4, -0.2) is 27.5 Å². The standard InChI is InChI=1S/C88H68N8S8/c1-49-9-25-57(26-10-49)97-65-41-42-66(98-58-27-11-50(2)12-28-58)74-73(65)81-89-82(74)94-84-77-69(101-61-33-17-53(5)18-34-61)45-46-70(102-62-35-19-54(6)20-36-62)78(77)86(91-84)96-88-80-72(104-64-39-23-56(8)24-40-64)48-47-71(103-63-37-21-55(7)22-38-63)79(80)87(92-88)95-85-76-68(100-60-31-15-52(4)16-32-60)44-43-67(75(76)83(90-85)93-81)99-59-29-13-51(3)14-30-59/h9-48,81,90,93H,1-8H3,(H,89,91,92,94,95,96). The van der Waals surface area contributed by atoms with Gasteiger partial charge in [0, 0.05) is 122 Å². The molecule has 3 aliphatic heterocycles. The monoisotopic (exact) mass is 1490 g/mol. The van der Waals surface area contributed by atoms with Crippen molar-refractivity contribution < 1.29 is 0 Å². The molecule has 2 aromatic heterocycles. The van der Waals surface area contributed by atoms with Gasteiger partial charge in [-0.05, 0) is 201 Å². The van der Waals surface area contributed by atoms with Crippen molar-refractivity contribution in [2.45, 2.75) is 140 Å². The first kappa shape index (κ1) is 68.1. The smallest absolute Gasteiger partial charge is 0.165 e. The SMILES string of the molecule is Cc1ccc(Sc2ccc(Sc3ccc(C)cc3)c3c2C2=N/C3=N\c3[nH]c(c4c(Sc5ccc(C)cc5)ccc(Sc5ccc(C)cc5)c34)NC3N=C(N=c4[nH]c(c5c(Sc6ccc(C)cc6)ccc(Sc6ccc(C)cc6)c45)=N2)c2c(Sc4ccc(C)cc4)ccc(Sc4ccc(C)cc4)c23)cc1. The Morgan fingerprint density at radius 3 is 0.865 bits per heavy atom. The van der Waals surface area contributed by atoms with Crippen molar-refractivity contribution >= 4 is 145 Å². The van der Waals surface area contributed by atoms with Gasteiger partial charge in [-0.1, -0.05) is 236 Å². The zero-order chi connectivity index (χ0) is 70.7. The molecule has 0 spiro atoms. The second kappa shape index (κ2) is 29.1. The van der Waals surface area contributed by atoms with Crippen molar-refractivity contribution in [2.75, 3.05) is 5.32 Å². The summed E-state index contributed by atoms with van der Waals surface area (Å²) >= 11 is 13.9. The molecule has 0 fully saturated rings. The highest BCUT2D eigenvalue weighted by Crippen LogP contribution is 2.52. The number of aromatic amines is 2. The predicted octanol–water partition coefficient (Wildman–Crippen LogP) is 25.0. The van der Waals surface area contributed by atoms with Crippen LogP contribution in [0.5, 0.6) is 0 Å². The first-order valence-electron chi connectivity index (χ1n) is 34.3. The van der Waals surface area contributed by atoms with Crippen molar-refractivity contribution in [3.05, 3.63) is 320 Å². The van der Waals surface area contributed by atoms with Crippen molar-refractivity contribution in [1.82, 2.24) is 9.97 Å². The van der Waals surface area contributed by atoms with Gasteiger partial charge in [-0.3, -0.25) is 0 Å². The third-order valence-corrected chi connectivity index (χ3v) is 26.9. The van der Waals surface area contributed by atoms with E-state index in [-0.39, 0.29) is 0 Å². The third kappa shape index (κ3) is 14.2. The molecule has 0 saturated carbocycles. The van der Waals surface area contributed by atoms with E-state index in [9.17, 15) is 0 Å². The number of H-pyrrole nitrogens is 2. The zero-order valence-electron chi connectivity index (χ0n) is 58.2. The number of nitrogens with zero attached hydrogens (tertiary/aromatic N) is 5. The van der Waals surface area contributed by atoms with Crippen molar-refractivity contribution in [3.8, 4) is 0 Å². The Kier molecular flexibility index (Phi) is 19.1. The van der Waals surface area contributed by atoms with Crippen LogP contribution in [-0.2, 0) is 0 Å². The highest BCUT2D eigenvalue weighted by molar-refractivity contribution is 8.01. The normalized spacial score (nSPS) is 14.1. The summed E-state index contributed by atoms with van der Waals surface area (Å²) in [5, 5.41) is 8.00. The number of rotatable bonds is 16. The van der Waals surface area contributed by atoms with Crippen LogP contribution in [0.2, 0.25) is 0 Å².